The van der Waals surface area contributed by atoms with Gasteiger partial charge in [0.2, 0.25) is 5.76 Å². The Hall–Kier alpha value is -2.30. The second-order valence-electron chi connectivity index (χ2n) is 3.70. The average Bonchev–Trinajstić information content (AvgIpc) is 2.38. The van der Waals surface area contributed by atoms with E-state index in [2.05, 4.69) is 4.74 Å². The number of methoxy groups -OCH3 is 1. The highest BCUT2D eigenvalue weighted by molar-refractivity contribution is 5.96. The number of ether oxygens (including phenoxy) is 1. The Morgan fingerprint density at radius 3 is 2.50 bits per heavy atom. The van der Waals surface area contributed by atoms with E-state index in [1.165, 1.54) is 4.90 Å². The van der Waals surface area contributed by atoms with E-state index in [1.807, 2.05) is 30.3 Å². The van der Waals surface area contributed by atoms with Gasteiger partial charge in [-0.3, -0.25) is 4.79 Å². The van der Waals surface area contributed by atoms with Gasteiger partial charge in [-0.25, -0.2) is 4.79 Å². The van der Waals surface area contributed by atoms with Crippen LogP contribution in [0, 0.1) is 0 Å². The molecule has 18 heavy (non-hydrogen) atoms. The zero-order valence-corrected chi connectivity index (χ0v) is 10.3. The molecular formula is C13H15NO4. The van der Waals surface area contributed by atoms with Gasteiger partial charge in [0, 0.05) is 13.6 Å². The summed E-state index contributed by atoms with van der Waals surface area (Å²) in [5, 5.41) is 9.24. The molecule has 1 aromatic rings. The average molecular weight is 249 g/mol. The predicted octanol–water partition coefficient (Wildman–Crippen LogP) is 1.26. The molecule has 1 amide bonds. The lowest BCUT2D eigenvalue weighted by Gasteiger charge is -2.15. The molecule has 0 bridgehead atoms. The van der Waals surface area contributed by atoms with Gasteiger partial charge in [0.15, 0.2) is 0 Å². The highest BCUT2D eigenvalue weighted by atomic mass is 16.5. The van der Waals surface area contributed by atoms with Crippen molar-refractivity contribution in [1.82, 2.24) is 4.90 Å². The molecule has 0 unspecified atom stereocenters. The lowest BCUT2D eigenvalue weighted by molar-refractivity contribution is -0.139. The van der Waals surface area contributed by atoms with Gasteiger partial charge < -0.3 is 14.7 Å². The van der Waals surface area contributed by atoms with Gasteiger partial charge in [-0.15, -0.1) is 0 Å². The van der Waals surface area contributed by atoms with Crippen molar-refractivity contribution >= 4 is 11.9 Å². The second kappa shape index (κ2) is 6.44. The zero-order valence-electron chi connectivity index (χ0n) is 10.3. The number of amides is 1. The number of carbonyl (C=O) groups is 2. The molecular weight excluding hydrogens is 234 g/mol. The van der Waals surface area contributed by atoms with E-state index in [4.69, 9.17) is 0 Å². The molecule has 1 aromatic carbocycles. The van der Waals surface area contributed by atoms with E-state index in [1.54, 1.807) is 7.05 Å². The summed E-state index contributed by atoms with van der Waals surface area (Å²) in [7, 11) is 2.71. The Kier molecular flexibility index (Phi) is 4.92. The molecule has 0 aromatic heterocycles. The van der Waals surface area contributed by atoms with Gasteiger partial charge in [-0.05, 0) is 5.56 Å². The smallest absolute Gasteiger partial charge is 0.373 e. The topological polar surface area (TPSA) is 66.8 Å². The molecule has 96 valence electrons. The lowest BCUT2D eigenvalue weighted by Crippen LogP contribution is -2.25. The summed E-state index contributed by atoms with van der Waals surface area (Å²) >= 11 is 0. The number of rotatable bonds is 4. The molecule has 0 aliphatic heterocycles. The zero-order chi connectivity index (χ0) is 13.5. The highest BCUT2D eigenvalue weighted by Gasteiger charge is 2.12. The molecule has 1 N–H and O–H groups in total. The molecule has 0 atom stereocenters. The third-order valence-electron chi connectivity index (χ3n) is 2.29. The number of nitrogens with zero attached hydrogens (tertiary/aromatic N) is 1. The van der Waals surface area contributed by atoms with Gasteiger partial charge in [0.25, 0.3) is 5.91 Å². The van der Waals surface area contributed by atoms with Gasteiger partial charge in [0.05, 0.1) is 13.2 Å². The quantitative estimate of drug-likeness (QED) is 0.495. The summed E-state index contributed by atoms with van der Waals surface area (Å²) in [5.74, 6) is -2.11. The standard InChI is InChI=1S/C13H15NO4/c1-14(9-10-6-4-3-5-7-10)12(16)8-11(15)13(17)18-2/h3-8,15H,9H2,1-2H3/b11-8-. The molecule has 5 heteroatoms. The number of aliphatic hydroxyl groups is 1. The molecule has 0 aliphatic carbocycles. The Bertz CT molecular complexity index is 453. The molecule has 0 fully saturated rings. The van der Waals surface area contributed by atoms with Crippen LogP contribution >= 0.6 is 0 Å². The summed E-state index contributed by atoms with van der Waals surface area (Å²) in [6.07, 6.45) is 0.842. The Labute approximate surface area is 105 Å². The summed E-state index contributed by atoms with van der Waals surface area (Å²) < 4.78 is 4.28. The van der Waals surface area contributed by atoms with Crippen molar-refractivity contribution in [3.8, 4) is 0 Å². The number of benzene rings is 1. The molecule has 0 saturated heterocycles. The van der Waals surface area contributed by atoms with Gasteiger partial charge >= 0.3 is 5.97 Å². The third kappa shape index (κ3) is 3.93. The van der Waals surface area contributed by atoms with E-state index in [9.17, 15) is 14.7 Å². The van der Waals surface area contributed by atoms with Crippen molar-refractivity contribution in [2.45, 2.75) is 6.54 Å². The van der Waals surface area contributed by atoms with Crippen molar-refractivity contribution in [3.63, 3.8) is 0 Å². The van der Waals surface area contributed by atoms with Crippen LogP contribution in [0.3, 0.4) is 0 Å². The number of hydrogen-bond donors (Lipinski definition) is 1. The number of aliphatic hydroxyl groups excluding tert-OH is 1. The minimum atomic E-state index is -0.934. The first-order chi connectivity index (χ1) is 8.54. The monoisotopic (exact) mass is 249 g/mol. The SMILES string of the molecule is COC(=O)/C(O)=C/C(=O)N(C)Cc1ccccc1. The van der Waals surface area contributed by atoms with Gasteiger partial charge in [-0.2, -0.15) is 0 Å². The maximum Gasteiger partial charge on any atom is 0.373 e. The van der Waals surface area contributed by atoms with Crippen LogP contribution in [-0.4, -0.2) is 36.0 Å². The molecule has 0 radical (unpaired) electrons. The van der Waals surface area contributed by atoms with Crippen LogP contribution in [0.15, 0.2) is 42.2 Å². The fourth-order valence-corrected chi connectivity index (χ4v) is 1.33. The van der Waals surface area contributed by atoms with Crippen LogP contribution in [0.25, 0.3) is 0 Å². The van der Waals surface area contributed by atoms with E-state index in [0.717, 1.165) is 18.7 Å². The molecule has 0 heterocycles. The van der Waals surface area contributed by atoms with E-state index in [0.29, 0.717) is 6.54 Å². The number of carbonyl (C=O) groups excluding carboxylic acids is 2. The number of hydrogen-bond acceptors (Lipinski definition) is 4. The van der Waals surface area contributed by atoms with Crippen molar-refractivity contribution < 1.29 is 19.4 Å². The van der Waals surface area contributed by atoms with Crippen LogP contribution in [0.4, 0.5) is 0 Å². The van der Waals surface area contributed by atoms with Crippen LogP contribution in [-0.2, 0) is 20.9 Å². The van der Waals surface area contributed by atoms with Crippen LogP contribution in [0.1, 0.15) is 5.56 Å². The predicted molar refractivity (Wildman–Crippen MR) is 65.6 cm³/mol. The van der Waals surface area contributed by atoms with Crippen molar-refractivity contribution in [2.24, 2.45) is 0 Å². The first-order valence-corrected chi connectivity index (χ1v) is 5.32. The van der Waals surface area contributed by atoms with Crippen molar-refractivity contribution in [2.75, 3.05) is 14.2 Å². The Balaban J connectivity index is 2.65. The molecule has 5 nitrogen and oxygen atoms in total. The fraction of sp³-hybridized carbons (Fsp3) is 0.231. The minimum Gasteiger partial charge on any atom is -0.502 e. The minimum absolute atomic E-state index is 0.393. The first-order valence-electron chi connectivity index (χ1n) is 5.32. The van der Waals surface area contributed by atoms with E-state index in [-0.39, 0.29) is 0 Å². The number of likely N-dealkylation sites (N-methyl/N-ethyl adjacent to an activating group) is 1. The summed E-state index contributed by atoms with van der Waals surface area (Å²) in [5.41, 5.74) is 0.958. The highest BCUT2D eigenvalue weighted by Crippen LogP contribution is 2.04. The summed E-state index contributed by atoms with van der Waals surface area (Å²) in [6.45, 7) is 0.393. The Morgan fingerprint density at radius 1 is 1.33 bits per heavy atom. The third-order valence-corrected chi connectivity index (χ3v) is 2.29. The molecule has 0 saturated carbocycles. The maximum atomic E-state index is 11.7. The maximum absolute atomic E-state index is 11.7. The van der Waals surface area contributed by atoms with Crippen LogP contribution in [0.2, 0.25) is 0 Å². The van der Waals surface area contributed by atoms with E-state index < -0.39 is 17.6 Å². The second-order valence-corrected chi connectivity index (χ2v) is 3.70. The van der Waals surface area contributed by atoms with Crippen LogP contribution in [0.5, 0.6) is 0 Å². The lowest BCUT2D eigenvalue weighted by atomic mass is 10.2. The molecule has 1 rings (SSSR count). The number of esters is 1. The fourth-order valence-electron chi connectivity index (χ4n) is 1.33. The Morgan fingerprint density at radius 2 is 1.94 bits per heavy atom. The normalized spacial score (nSPS) is 10.9. The summed E-state index contributed by atoms with van der Waals surface area (Å²) in [6, 6.07) is 9.39. The van der Waals surface area contributed by atoms with E-state index >= 15 is 0 Å². The van der Waals surface area contributed by atoms with Gasteiger partial charge in [0.1, 0.15) is 0 Å². The first kappa shape index (κ1) is 13.8. The summed E-state index contributed by atoms with van der Waals surface area (Å²) in [4.78, 5) is 24.0. The largest absolute Gasteiger partial charge is 0.502 e. The molecule has 0 aliphatic rings. The van der Waals surface area contributed by atoms with Crippen LogP contribution < -0.4 is 0 Å². The van der Waals surface area contributed by atoms with Crippen molar-refractivity contribution in [1.29, 1.82) is 0 Å². The van der Waals surface area contributed by atoms with Gasteiger partial charge in [-0.1, -0.05) is 30.3 Å². The molecule has 0 spiro atoms. The van der Waals surface area contributed by atoms with Crippen molar-refractivity contribution in [3.05, 3.63) is 47.7 Å².